The van der Waals surface area contributed by atoms with Crippen LogP contribution in [0.2, 0.25) is 0 Å². The number of amides is 1. The van der Waals surface area contributed by atoms with Gasteiger partial charge in [-0.25, -0.2) is 4.79 Å². The SMILES string of the molecule is O=C(Nc1ccc(C(OC(=O)c2cccs2)(C(F)(F)F)C(F)(F)F)cc1)c1ccc([N+](=O)[O-])o1. The molecule has 0 saturated carbocycles. The summed E-state index contributed by atoms with van der Waals surface area (Å²) in [4.78, 5) is 33.4. The molecule has 0 spiro atoms. The average molecular weight is 508 g/mol. The molecule has 0 aliphatic carbocycles. The number of benzene rings is 1. The van der Waals surface area contributed by atoms with E-state index in [2.05, 4.69) is 14.5 Å². The number of halogens is 6. The molecule has 34 heavy (non-hydrogen) atoms. The number of hydrogen-bond acceptors (Lipinski definition) is 7. The zero-order valence-corrected chi connectivity index (χ0v) is 17.1. The molecule has 1 aromatic carbocycles. The molecule has 2 aromatic heterocycles. The van der Waals surface area contributed by atoms with Crippen LogP contribution in [0.1, 0.15) is 25.8 Å². The van der Waals surface area contributed by atoms with Gasteiger partial charge in [0.05, 0.1) is 6.07 Å². The summed E-state index contributed by atoms with van der Waals surface area (Å²) in [6.45, 7) is 0. The molecule has 0 radical (unpaired) electrons. The van der Waals surface area contributed by atoms with Crippen LogP contribution >= 0.6 is 11.3 Å². The Balaban J connectivity index is 1.94. The fourth-order valence-electron chi connectivity index (χ4n) is 2.78. The van der Waals surface area contributed by atoms with Crippen molar-refractivity contribution in [3.63, 3.8) is 0 Å². The molecule has 180 valence electrons. The van der Waals surface area contributed by atoms with Crippen LogP contribution in [0.15, 0.2) is 58.3 Å². The van der Waals surface area contributed by atoms with Crippen LogP contribution < -0.4 is 5.32 Å². The van der Waals surface area contributed by atoms with E-state index in [4.69, 9.17) is 0 Å². The van der Waals surface area contributed by atoms with E-state index in [1.54, 1.807) is 0 Å². The molecule has 0 atom stereocenters. The number of alkyl halides is 6. The first-order valence-electron chi connectivity index (χ1n) is 8.82. The van der Waals surface area contributed by atoms with E-state index >= 15 is 0 Å². The van der Waals surface area contributed by atoms with Crippen LogP contribution in [0.4, 0.5) is 37.9 Å². The van der Waals surface area contributed by atoms with Crippen molar-refractivity contribution in [3.8, 4) is 0 Å². The fraction of sp³-hybridized carbons (Fsp3) is 0.158. The Morgan fingerprint density at radius 3 is 2.06 bits per heavy atom. The summed E-state index contributed by atoms with van der Waals surface area (Å²) >= 11 is 0.591. The van der Waals surface area contributed by atoms with Crippen LogP contribution in [-0.4, -0.2) is 29.2 Å². The second-order valence-electron chi connectivity index (χ2n) is 6.47. The Bertz CT molecular complexity index is 1190. The number of carbonyl (C=O) groups excluding carboxylic acids is 2. The monoisotopic (exact) mass is 508 g/mol. The van der Waals surface area contributed by atoms with Crippen molar-refractivity contribution < 1.29 is 50.0 Å². The number of nitrogens with one attached hydrogen (secondary N) is 1. The number of anilines is 1. The van der Waals surface area contributed by atoms with Gasteiger partial charge in [-0.3, -0.25) is 14.9 Å². The molecule has 0 aliphatic rings. The van der Waals surface area contributed by atoms with Crippen molar-refractivity contribution in [3.05, 3.63) is 80.2 Å². The molecule has 1 N–H and O–H groups in total. The first-order valence-corrected chi connectivity index (χ1v) is 9.70. The minimum absolute atomic E-state index is 0.268. The van der Waals surface area contributed by atoms with Crippen molar-refractivity contribution in [2.75, 3.05) is 5.32 Å². The van der Waals surface area contributed by atoms with Gasteiger partial charge in [0.2, 0.25) is 0 Å². The molecular weight excluding hydrogens is 498 g/mol. The van der Waals surface area contributed by atoms with Crippen LogP contribution in [0.5, 0.6) is 0 Å². The van der Waals surface area contributed by atoms with E-state index in [1.165, 1.54) is 11.4 Å². The Hall–Kier alpha value is -3.88. The van der Waals surface area contributed by atoms with Gasteiger partial charge in [-0.05, 0) is 29.6 Å². The second kappa shape index (κ2) is 8.81. The summed E-state index contributed by atoms with van der Waals surface area (Å²) in [5.41, 5.74) is -6.73. The van der Waals surface area contributed by atoms with E-state index in [-0.39, 0.29) is 5.69 Å². The fourth-order valence-corrected chi connectivity index (χ4v) is 3.37. The number of ether oxygens (including phenoxy) is 1. The molecule has 0 saturated heterocycles. The molecule has 15 heteroatoms. The minimum Gasteiger partial charge on any atom is -0.430 e. The first kappa shape index (κ1) is 24.8. The lowest BCUT2D eigenvalue weighted by molar-refractivity contribution is -0.402. The van der Waals surface area contributed by atoms with Crippen molar-refractivity contribution in [2.24, 2.45) is 0 Å². The number of thiophene rings is 1. The maximum absolute atomic E-state index is 13.8. The zero-order chi connectivity index (χ0) is 25.3. The lowest BCUT2D eigenvalue weighted by atomic mass is 9.91. The number of nitro groups is 1. The van der Waals surface area contributed by atoms with Crippen LogP contribution in [-0.2, 0) is 10.3 Å². The van der Waals surface area contributed by atoms with Gasteiger partial charge in [0.25, 0.3) is 5.91 Å². The molecule has 3 aromatic rings. The number of rotatable bonds is 6. The molecule has 8 nitrogen and oxygen atoms in total. The highest BCUT2D eigenvalue weighted by Gasteiger charge is 2.75. The number of nitrogens with zero attached hydrogens (tertiary/aromatic N) is 1. The van der Waals surface area contributed by atoms with Gasteiger partial charge in [-0.1, -0.05) is 18.2 Å². The number of carbonyl (C=O) groups is 2. The second-order valence-corrected chi connectivity index (χ2v) is 7.42. The number of esters is 1. The third kappa shape index (κ3) is 4.59. The third-order valence-electron chi connectivity index (χ3n) is 4.31. The third-order valence-corrected chi connectivity index (χ3v) is 5.16. The molecule has 3 rings (SSSR count). The van der Waals surface area contributed by atoms with Gasteiger partial charge in [-0.2, -0.15) is 26.3 Å². The molecular formula is C19H10F6N2O6S. The predicted octanol–water partition coefficient (Wildman–Crippen LogP) is 5.68. The average Bonchev–Trinajstić information content (AvgIpc) is 3.43. The normalized spacial score (nSPS) is 12.3. The summed E-state index contributed by atoms with van der Waals surface area (Å²) < 4.78 is 91.7. The molecule has 2 heterocycles. The van der Waals surface area contributed by atoms with E-state index in [0.29, 0.717) is 35.6 Å². The summed E-state index contributed by atoms with van der Waals surface area (Å²) in [6.07, 6.45) is -12.2. The summed E-state index contributed by atoms with van der Waals surface area (Å²) in [7, 11) is 0. The summed E-state index contributed by atoms with van der Waals surface area (Å²) in [6, 6.07) is 6.24. The van der Waals surface area contributed by atoms with Crippen molar-refractivity contribution in [1.29, 1.82) is 0 Å². The quantitative estimate of drug-likeness (QED) is 0.199. The van der Waals surface area contributed by atoms with Crippen LogP contribution in [0.25, 0.3) is 0 Å². The Kier molecular flexibility index (Phi) is 6.42. The van der Waals surface area contributed by atoms with Gasteiger partial charge in [-0.15, -0.1) is 11.3 Å². The molecule has 1 amide bonds. The van der Waals surface area contributed by atoms with Crippen molar-refractivity contribution in [1.82, 2.24) is 0 Å². The van der Waals surface area contributed by atoms with Gasteiger partial charge in [0.1, 0.15) is 9.80 Å². The summed E-state index contributed by atoms with van der Waals surface area (Å²) in [5, 5.41) is 14.0. The smallest absolute Gasteiger partial charge is 0.430 e. The first-order chi connectivity index (χ1) is 15.8. The maximum Gasteiger partial charge on any atom is 0.442 e. The highest BCUT2D eigenvalue weighted by Crippen LogP contribution is 2.53. The summed E-state index contributed by atoms with van der Waals surface area (Å²) in [5.74, 6) is -4.17. The highest BCUT2D eigenvalue weighted by molar-refractivity contribution is 7.11. The molecule has 0 bridgehead atoms. The maximum atomic E-state index is 13.8. The van der Waals surface area contributed by atoms with Crippen LogP contribution in [0.3, 0.4) is 0 Å². The van der Waals surface area contributed by atoms with E-state index < -0.39 is 56.8 Å². The number of hydrogen-bond donors (Lipinski definition) is 1. The molecule has 0 aliphatic heterocycles. The topological polar surface area (TPSA) is 112 Å². The zero-order valence-electron chi connectivity index (χ0n) is 16.3. The van der Waals surface area contributed by atoms with Gasteiger partial charge < -0.3 is 14.5 Å². The van der Waals surface area contributed by atoms with Gasteiger partial charge in [0, 0.05) is 11.3 Å². The minimum atomic E-state index is -6.10. The molecule has 0 fully saturated rings. The Morgan fingerprint density at radius 1 is 0.971 bits per heavy atom. The van der Waals surface area contributed by atoms with Gasteiger partial charge in [0.15, 0.2) is 5.76 Å². The van der Waals surface area contributed by atoms with Crippen molar-refractivity contribution >= 4 is 34.8 Å². The van der Waals surface area contributed by atoms with E-state index in [0.717, 1.165) is 18.2 Å². The van der Waals surface area contributed by atoms with Crippen LogP contribution in [0, 0.1) is 10.1 Å². The number of furan rings is 1. The lowest BCUT2D eigenvalue weighted by Gasteiger charge is -2.36. The standard InChI is InChI=1S/C19H10F6N2O6S/c20-18(21,22)17(19(23,24)25,33-16(29)13-2-1-9-34-13)10-3-5-11(6-4-10)26-15(28)12-7-8-14(32-12)27(30)31/h1-9H,(H,26,28). The van der Waals surface area contributed by atoms with E-state index in [9.17, 15) is 46.0 Å². The van der Waals surface area contributed by atoms with Crippen molar-refractivity contribution in [2.45, 2.75) is 18.0 Å². The van der Waals surface area contributed by atoms with E-state index in [1.807, 2.05) is 0 Å². The molecule has 0 unspecified atom stereocenters. The van der Waals surface area contributed by atoms with Gasteiger partial charge >= 0.3 is 29.8 Å². The Labute approximate surface area is 188 Å². The Morgan fingerprint density at radius 2 is 1.59 bits per heavy atom. The largest absolute Gasteiger partial charge is 0.442 e. The highest BCUT2D eigenvalue weighted by atomic mass is 32.1. The predicted molar refractivity (Wildman–Crippen MR) is 103 cm³/mol. The lowest BCUT2D eigenvalue weighted by Crippen LogP contribution is -2.56.